The standard InChI is InChI=1S/C19H22N3O2P.C2H6/c1-10-5-13(22-11(2)3-4-18(22)23)6-12-7-17(20-9-15(10)12)21-19(24)14-8-16(14)25;1-2/h5-7,9,11,14,16H,3-4,8,25H2,1-2H3,(H,20,21,24);1-2H3. The average Bonchev–Trinajstić information content (AvgIpc) is 3.29. The van der Waals surface area contributed by atoms with Gasteiger partial charge in [0.1, 0.15) is 5.82 Å². The van der Waals surface area contributed by atoms with Gasteiger partial charge in [-0.25, -0.2) is 4.98 Å². The molecule has 1 aromatic carbocycles. The lowest BCUT2D eigenvalue weighted by molar-refractivity contribution is -0.118. The van der Waals surface area contributed by atoms with Crippen LogP contribution in [0, 0.1) is 12.8 Å². The molecule has 1 aromatic heterocycles. The Labute approximate surface area is 163 Å². The van der Waals surface area contributed by atoms with Crippen molar-refractivity contribution < 1.29 is 9.59 Å². The Morgan fingerprint density at radius 1 is 1.30 bits per heavy atom. The van der Waals surface area contributed by atoms with E-state index >= 15 is 0 Å². The average molecular weight is 385 g/mol. The molecule has 4 unspecified atom stereocenters. The number of anilines is 2. The molecule has 6 heteroatoms. The van der Waals surface area contributed by atoms with Crippen molar-refractivity contribution in [2.75, 3.05) is 10.2 Å². The molecule has 1 aliphatic heterocycles. The molecule has 144 valence electrons. The number of amides is 2. The summed E-state index contributed by atoms with van der Waals surface area (Å²) < 4.78 is 0. The lowest BCUT2D eigenvalue weighted by atomic mass is 10.1. The Morgan fingerprint density at radius 3 is 2.59 bits per heavy atom. The number of rotatable bonds is 3. The predicted octanol–water partition coefficient (Wildman–Crippen LogP) is 4.29. The Kier molecular flexibility index (Phi) is 5.81. The van der Waals surface area contributed by atoms with Gasteiger partial charge in [-0.1, -0.05) is 13.8 Å². The Morgan fingerprint density at radius 2 is 2.00 bits per heavy atom. The summed E-state index contributed by atoms with van der Waals surface area (Å²) in [5.41, 5.74) is 2.39. The third-order valence-electron chi connectivity index (χ3n) is 5.22. The highest BCUT2D eigenvalue weighted by atomic mass is 31.0. The molecule has 2 heterocycles. The summed E-state index contributed by atoms with van der Waals surface area (Å²) in [4.78, 5) is 30.6. The van der Waals surface area contributed by atoms with Crippen molar-refractivity contribution in [3.63, 3.8) is 0 Å². The summed E-state index contributed by atoms with van der Waals surface area (Å²) in [6.07, 6.45) is 4.21. The second kappa shape index (κ2) is 7.93. The molecule has 1 saturated carbocycles. The predicted molar refractivity (Wildman–Crippen MR) is 114 cm³/mol. The van der Waals surface area contributed by atoms with Crippen molar-refractivity contribution in [3.05, 3.63) is 30.0 Å². The molecule has 0 spiro atoms. The summed E-state index contributed by atoms with van der Waals surface area (Å²) in [5.74, 6) is 0.856. The Hall–Kier alpha value is -2.00. The number of carbonyl (C=O) groups is 2. The van der Waals surface area contributed by atoms with Crippen LogP contribution in [-0.2, 0) is 9.59 Å². The zero-order valence-corrected chi connectivity index (χ0v) is 17.6. The number of aromatic nitrogens is 1. The molecular weight excluding hydrogens is 357 g/mol. The monoisotopic (exact) mass is 385 g/mol. The number of benzene rings is 1. The number of pyridine rings is 1. The van der Waals surface area contributed by atoms with Crippen molar-refractivity contribution in [1.29, 1.82) is 0 Å². The van der Waals surface area contributed by atoms with Crippen molar-refractivity contribution in [2.24, 2.45) is 5.92 Å². The smallest absolute Gasteiger partial charge is 0.229 e. The van der Waals surface area contributed by atoms with Gasteiger partial charge in [-0.15, -0.1) is 9.24 Å². The van der Waals surface area contributed by atoms with Crippen LogP contribution in [0.3, 0.4) is 0 Å². The molecule has 2 fully saturated rings. The molecule has 0 bridgehead atoms. The number of carbonyl (C=O) groups excluding carboxylic acids is 2. The number of nitrogens with zero attached hydrogens (tertiary/aromatic N) is 2. The van der Waals surface area contributed by atoms with Crippen LogP contribution in [0.1, 0.15) is 45.6 Å². The van der Waals surface area contributed by atoms with E-state index in [1.807, 2.05) is 43.9 Å². The van der Waals surface area contributed by atoms with Gasteiger partial charge in [-0.3, -0.25) is 9.59 Å². The fourth-order valence-corrected chi connectivity index (χ4v) is 4.06. The lowest BCUT2D eigenvalue weighted by Crippen LogP contribution is -2.30. The van der Waals surface area contributed by atoms with Gasteiger partial charge in [0.15, 0.2) is 0 Å². The van der Waals surface area contributed by atoms with E-state index in [4.69, 9.17) is 0 Å². The van der Waals surface area contributed by atoms with E-state index in [1.54, 1.807) is 6.20 Å². The van der Waals surface area contributed by atoms with Gasteiger partial charge >= 0.3 is 0 Å². The Balaban J connectivity index is 0.00000102. The minimum atomic E-state index is 0.0306. The van der Waals surface area contributed by atoms with Gasteiger partial charge < -0.3 is 10.2 Å². The zero-order chi connectivity index (χ0) is 19.7. The SMILES string of the molecule is CC.Cc1cc(N2C(=O)CCC2C)cc2cc(NC(=O)C3CC3P)ncc12. The van der Waals surface area contributed by atoms with Crippen molar-refractivity contribution in [3.8, 4) is 0 Å². The van der Waals surface area contributed by atoms with E-state index in [9.17, 15) is 9.59 Å². The van der Waals surface area contributed by atoms with E-state index in [1.165, 1.54) is 0 Å². The third kappa shape index (κ3) is 3.98. The number of hydrogen-bond acceptors (Lipinski definition) is 3. The minimum Gasteiger partial charge on any atom is -0.310 e. The normalized spacial score (nSPS) is 23.8. The quantitative estimate of drug-likeness (QED) is 0.802. The lowest BCUT2D eigenvalue weighted by Gasteiger charge is -2.23. The zero-order valence-electron chi connectivity index (χ0n) is 16.5. The van der Waals surface area contributed by atoms with E-state index in [2.05, 4.69) is 26.5 Å². The maximum absolute atomic E-state index is 12.2. The van der Waals surface area contributed by atoms with Crippen LogP contribution in [0.2, 0.25) is 0 Å². The Bertz CT molecular complexity index is 883. The first-order chi connectivity index (χ1) is 12.9. The molecule has 2 amide bonds. The number of aryl methyl sites for hydroxylation is 1. The summed E-state index contributed by atoms with van der Waals surface area (Å²) in [6.45, 7) is 8.11. The summed E-state index contributed by atoms with van der Waals surface area (Å²) >= 11 is 0. The first-order valence-corrected chi connectivity index (χ1v) is 10.4. The second-order valence-electron chi connectivity index (χ2n) is 7.20. The van der Waals surface area contributed by atoms with Gasteiger partial charge in [0.2, 0.25) is 11.8 Å². The minimum absolute atomic E-state index is 0.0306. The molecular formula is C21H28N3O2P. The van der Waals surface area contributed by atoms with Crippen molar-refractivity contribution in [2.45, 2.75) is 58.7 Å². The molecule has 1 saturated heterocycles. The topological polar surface area (TPSA) is 62.3 Å². The van der Waals surface area contributed by atoms with Crippen molar-refractivity contribution >= 4 is 43.3 Å². The van der Waals surface area contributed by atoms with Crippen molar-refractivity contribution in [1.82, 2.24) is 4.98 Å². The van der Waals surface area contributed by atoms with Crippen LogP contribution < -0.4 is 10.2 Å². The van der Waals surface area contributed by atoms with Gasteiger partial charge in [0.25, 0.3) is 0 Å². The summed E-state index contributed by atoms with van der Waals surface area (Å²) in [7, 11) is 2.69. The van der Waals surface area contributed by atoms with Gasteiger partial charge in [0, 0.05) is 35.7 Å². The molecule has 0 radical (unpaired) electrons. The highest BCUT2D eigenvalue weighted by Crippen LogP contribution is 2.39. The second-order valence-corrected chi connectivity index (χ2v) is 8.06. The fraction of sp³-hybridized carbons (Fsp3) is 0.476. The molecule has 1 N–H and O–H groups in total. The van der Waals surface area contributed by atoms with Crippen LogP contribution in [0.15, 0.2) is 24.4 Å². The molecule has 27 heavy (non-hydrogen) atoms. The first-order valence-electron chi connectivity index (χ1n) is 9.73. The molecule has 2 aliphatic rings. The molecule has 1 aliphatic carbocycles. The maximum Gasteiger partial charge on any atom is 0.229 e. The van der Waals surface area contributed by atoms with Gasteiger partial charge in [-0.2, -0.15) is 0 Å². The van der Waals surface area contributed by atoms with Crippen LogP contribution in [0.4, 0.5) is 11.5 Å². The first kappa shape index (κ1) is 19.8. The highest BCUT2D eigenvalue weighted by Gasteiger charge is 2.39. The van der Waals surface area contributed by atoms with Gasteiger partial charge in [-0.05, 0) is 61.5 Å². The van der Waals surface area contributed by atoms with E-state index < -0.39 is 0 Å². The third-order valence-corrected chi connectivity index (χ3v) is 5.96. The summed E-state index contributed by atoms with van der Waals surface area (Å²) in [5, 5.41) is 4.94. The maximum atomic E-state index is 12.2. The van der Waals surface area contributed by atoms with E-state index in [0.29, 0.717) is 17.9 Å². The number of fused-ring (bicyclic) bond motifs is 1. The van der Waals surface area contributed by atoms with Gasteiger partial charge in [0.05, 0.1) is 0 Å². The number of hydrogen-bond donors (Lipinski definition) is 1. The molecule has 4 atom stereocenters. The van der Waals surface area contributed by atoms with E-state index in [-0.39, 0.29) is 23.8 Å². The van der Waals surface area contributed by atoms with Crippen LogP contribution >= 0.6 is 9.24 Å². The van der Waals surface area contributed by atoms with E-state index in [0.717, 1.165) is 34.9 Å². The van der Waals surface area contributed by atoms with Crippen LogP contribution in [-0.4, -0.2) is 28.5 Å². The summed E-state index contributed by atoms with van der Waals surface area (Å²) in [6, 6.07) is 6.19. The van der Waals surface area contributed by atoms with Crippen LogP contribution in [0.5, 0.6) is 0 Å². The fourth-order valence-electron chi connectivity index (χ4n) is 3.59. The molecule has 2 aromatic rings. The molecule has 4 rings (SSSR count). The largest absolute Gasteiger partial charge is 0.310 e. The molecule has 5 nitrogen and oxygen atoms in total. The highest BCUT2D eigenvalue weighted by molar-refractivity contribution is 7.18. The number of nitrogens with one attached hydrogen (secondary N) is 1. The van der Waals surface area contributed by atoms with Crippen LogP contribution in [0.25, 0.3) is 10.8 Å².